The molecule has 0 bridgehead atoms. The van der Waals surface area contributed by atoms with Crippen molar-refractivity contribution in [2.24, 2.45) is 5.92 Å². The molecule has 3 heteroatoms. The first kappa shape index (κ1) is 16.9. The maximum Gasteiger partial charge on any atom is 0.0221 e. The molecule has 0 spiro atoms. The normalized spacial score (nSPS) is 20.1. The third-order valence-electron chi connectivity index (χ3n) is 4.02. The van der Waals surface area contributed by atoms with Gasteiger partial charge in [-0.05, 0) is 31.8 Å². The van der Waals surface area contributed by atoms with E-state index in [4.69, 9.17) is 0 Å². The fraction of sp³-hybridized carbons (Fsp3) is 1.00. The zero-order valence-corrected chi connectivity index (χ0v) is 13.6. The summed E-state index contributed by atoms with van der Waals surface area (Å²) in [4.78, 5) is 5.32. The third kappa shape index (κ3) is 6.73. The van der Waals surface area contributed by atoms with Crippen LogP contribution in [0.1, 0.15) is 47.0 Å². The number of hydrogen-bond acceptors (Lipinski definition) is 3. The summed E-state index contributed by atoms with van der Waals surface area (Å²) < 4.78 is 0. The molecule has 1 atom stereocenters. The lowest BCUT2D eigenvalue weighted by atomic mass is 10.1. The van der Waals surface area contributed by atoms with Crippen LogP contribution in [-0.2, 0) is 0 Å². The zero-order valence-electron chi connectivity index (χ0n) is 13.6. The van der Waals surface area contributed by atoms with Crippen molar-refractivity contribution in [3.8, 4) is 0 Å². The lowest BCUT2D eigenvalue weighted by Crippen LogP contribution is -2.53. The maximum absolute atomic E-state index is 3.65. The molecule has 1 unspecified atom stereocenters. The monoisotopic (exact) mass is 269 g/mol. The van der Waals surface area contributed by atoms with Gasteiger partial charge < -0.3 is 10.2 Å². The Balaban J connectivity index is 2.31. The number of nitrogens with one attached hydrogen (secondary N) is 1. The van der Waals surface area contributed by atoms with Gasteiger partial charge in [-0.15, -0.1) is 0 Å². The van der Waals surface area contributed by atoms with Crippen LogP contribution >= 0.6 is 0 Å². The second-order valence-electron chi connectivity index (χ2n) is 6.37. The minimum atomic E-state index is 0.743. The molecular formula is C16H35N3. The van der Waals surface area contributed by atoms with E-state index in [1.165, 1.54) is 58.5 Å². The Labute approximate surface area is 120 Å². The SMILES string of the molecule is CCCC(CNCC(C)C)N1CCN(CCC)CC1. The van der Waals surface area contributed by atoms with E-state index in [-0.39, 0.29) is 0 Å². The van der Waals surface area contributed by atoms with Crippen LogP contribution < -0.4 is 5.32 Å². The highest BCUT2D eigenvalue weighted by Gasteiger charge is 2.22. The highest BCUT2D eigenvalue weighted by atomic mass is 15.3. The van der Waals surface area contributed by atoms with Gasteiger partial charge in [-0.1, -0.05) is 34.1 Å². The summed E-state index contributed by atoms with van der Waals surface area (Å²) in [5, 5.41) is 3.65. The van der Waals surface area contributed by atoms with Crippen molar-refractivity contribution in [3.63, 3.8) is 0 Å². The number of piperazine rings is 1. The van der Waals surface area contributed by atoms with Crippen molar-refractivity contribution in [2.75, 3.05) is 45.8 Å². The second-order valence-corrected chi connectivity index (χ2v) is 6.37. The van der Waals surface area contributed by atoms with Crippen LogP contribution in [-0.4, -0.2) is 61.7 Å². The van der Waals surface area contributed by atoms with Crippen molar-refractivity contribution in [3.05, 3.63) is 0 Å². The van der Waals surface area contributed by atoms with Crippen molar-refractivity contribution < 1.29 is 0 Å². The molecule has 0 amide bonds. The van der Waals surface area contributed by atoms with Crippen molar-refractivity contribution in [2.45, 2.75) is 53.0 Å². The van der Waals surface area contributed by atoms with Crippen LogP contribution in [0.4, 0.5) is 0 Å². The molecule has 3 nitrogen and oxygen atoms in total. The minimum absolute atomic E-state index is 0.743. The van der Waals surface area contributed by atoms with E-state index in [0.29, 0.717) is 0 Å². The summed E-state index contributed by atoms with van der Waals surface area (Å²) in [6.45, 7) is 17.8. The Kier molecular flexibility index (Phi) is 8.67. The van der Waals surface area contributed by atoms with Crippen LogP contribution in [0.25, 0.3) is 0 Å². The summed E-state index contributed by atoms with van der Waals surface area (Å²) in [6, 6.07) is 0.743. The predicted molar refractivity (Wildman–Crippen MR) is 84.7 cm³/mol. The lowest BCUT2D eigenvalue weighted by molar-refractivity contribution is 0.0907. The Morgan fingerprint density at radius 2 is 1.63 bits per heavy atom. The summed E-state index contributed by atoms with van der Waals surface area (Å²) in [6.07, 6.45) is 3.91. The molecule has 0 radical (unpaired) electrons. The van der Waals surface area contributed by atoms with E-state index in [9.17, 15) is 0 Å². The largest absolute Gasteiger partial charge is 0.315 e. The van der Waals surface area contributed by atoms with Crippen molar-refractivity contribution in [1.82, 2.24) is 15.1 Å². The van der Waals surface area contributed by atoms with Gasteiger partial charge in [0.15, 0.2) is 0 Å². The summed E-state index contributed by atoms with van der Waals surface area (Å²) in [7, 11) is 0. The predicted octanol–water partition coefficient (Wildman–Crippen LogP) is 2.43. The summed E-state index contributed by atoms with van der Waals surface area (Å²) in [5.74, 6) is 0.753. The molecule has 0 aliphatic carbocycles. The highest BCUT2D eigenvalue weighted by molar-refractivity contribution is 4.80. The quantitative estimate of drug-likeness (QED) is 0.693. The highest BCUT2D eigenvalue weighted by Crippen LogP contribution is 2.11. The molecule has 1 aliphatic rings. The van der Waals surface area contributed by atoms with E-state index in [1.54, 1.807) is 0 Å². The molecule has 1 fully saturated rings. The first-order valence-corrected chi connectivity index (χ1v) is 8.34. The Bertz CT molecular complexity index is 210. The summed E-state index contributed by atoms with van der Waals surface area (Å²) >= 11 is 0. The molecule has 0 aromatic rings. The van der Waals surface area contributed by atoms with E-state index in [0.717, 1.165) is 18.5 Å². The number of nitrogens with zero attached hydrogens (tertiary/aromatic N) is 2. The average Bonchev–Trinajstić information content (AvgIpc) is 2.39. The van der Waals surface area contributed by atoms with Crippen LogP contribution in [0.5, 0.6) is 0 Å². The molecule has 0 saturated carbocycles. The van der Waals surface area contributed by atoms with E-state index in [1.807, 2.05) is 0 Å². The zero-order chi connectivity index (χ0) is 14.1. The third-order valence-corrected chi connectivity index (χ3v) is 4.02. The number of rotatable bonds is 9. The van der Waals surface area contributed by atoms with Crippen LogP contribution in [0, 0.1) is 5.92 Å². The standard InChI is InChI=1S/C16H35N3/c1-5-7-16(14-17-13-15(3)4)19-11-9-18(8-6-2)10-12-19/h15-17H,5-14H2,1-4H3. The topological polar surface area (TPSA) is 18.5 Å². The van der Waals surface area contributed by atoms with Crippen molar-refractivity contribution >= 4 is 0 Å². The molecule has 1 N–H and O–H groups in total. The van der Waals surface area contributed by atoms with Gasteiger partial charge in [-0.25, -0.2) is 0 Å². The molecule has 0 aromatic heterocycles. The van der Waals surface area contributed by atoms with Crippen LogP contribution in [0.15, 0.2) is 0 Å². The van der Waals surface area contributed by atoms with Gasteiger partial charge in [-0.2, -0.15) is 0 Å². The fourth-order valence-electron chi connectivity index (χ4n) is 2.95. The van der Waals surface area contributed by atoms with Gasteiger partial charge in [0, 0.05) is 38.8 Å². The smallest absolute Gasteiger partial charge is 0.0221 e. The van der Waals surface area contributed by atoms with Gasteiger partial charge in [-0.3, -0.25) is 4.90 Å². The van der Waals surface area contributed by atoms with Crippen LogP contribution in [0.2, 0.25) is 0 Å². The minimum Gasteiger partial charge on any atom is -0.315 e. The fourth-order valence-corrected chi connectivity index (χ4v) is 2.95. The van der Waals surface area contributed by atoms with Gasteiger partial charge in [0.1, 0.15) is 0 Å². The van der Waals surface area contributed by atoms with E-state index < -0.39 is 0 Å². The Morgan fingerprint density at radius 1 is 0.947 bits per heavy atom. The molecule has 114 valence electrons. The van der Waals surface area contributed by atoms with Crippen molar-refractivity contribution in [1.29, 1.82) is 0 Å². The Hall–Kier alpha value is -0.120. The molecule has 1 heterocycles. The van der Waals surface area contributed by atoms with E-state index in [2.05, 4.69) is 42.8 Å². The molecule has 0 aromatic carbocycles. The molecule has 19 heavy (non-hydrogen) atoms. The average molecular weight is 269 g/mol. The van der Waals surface area contributed by atoms with Gasteiger partial charge in [0.05, 0.1) is 0 Å². The first-order chi connectivity index (χ1) is 9.17. The summed E-state index contributed by atoms with van der Waals surface area (Å²) in [5.41, 5.74) is 0. The van der Waals surface area contributed by atoms with Gasteiger partial charge in [0.25, 0.3) is 0 Å². The number of hydrogen-bond donors (Lipinski definition) is 1. The molecule has 1 saturated heterocycles. The lowest BCUT2D eigenvalue weighted by Gasteiger charge is -2.39. The Morgan fingerprint density at radius 3 is 2.16 bits per heavy atom. The maximum atomic E-state index is 3.65. The molecule has 1 aliphatic heterocycles. The van der Waals surface area contributed by atoms with Crippen LogP contribution in [0.3, 0.4) is 0 Å². The van der Waals surface area contributed by atoms with Gasteiger partial charge >= 0.3 is 0 Å². The molecular weight excluding hydrogens is 234 g/mol. The van der Waals surface area contributed by atoms with Gasteiger partial charge in [0.2, 0.25) is 0 Å². The van der Waals surface area contributed by atoms with E-state index >= 15 is 0 Å². The second kappa shape index (κ2) is 9.73. The first-order valence-electron chi connectivity index (χ1n) is 8.34. The molecule has 1 rings (SSSR count).